The molecule has 0 bridgehead atoms. The summed E-state index contributed by atoms with van der Waals surface area (Å²) in [5.74, 6) is 0.355. The summed E-state index contributed by atoms with van der Waals surface area (Å²) in [6, 6.07) is 0. The molecule has 0 spiro atoms. The first-order chi connectivity index (χ1) is 28.2. The largest absolute Gasteiger partial charge is 0.417 e. The molecule has 1 heterocycles. The number of carbonyl (C=O) groups is 1. The zero-order valence-electron chi connectivity index (χ0n) is 45.9. The Morgan fingerprint density at radius 2 is 1.25 bits per heavy atom. The number of Topliss-reactive ketones (excluding diaryl/α,β-unsaturated/α-hetero) is 1. The zero-order valence-corrected chi connectivity index (χ0v) is 50.7. The molecule has 63 heavy (non-hydrogen) atoms. The summed E-state index contributed by atoms with van der Waals surface area (Å²) in [4.78, 5) is 20.2. The fourth-order valence-electron chi connectivity index (χ4n) is 7.64. The van der Waals surface area contributed by atoms with Crippen LogP contribution in [0.1, 0.15) is 173 Å². The molecule has 0 saturated heterocycles. The van der Waals surface area contributed by atoms with Gasteiger partial charge in [0.1, 0.15) is 5.78 Å². The first-order valence-electron chi connectivity index (χ1n) is 24.7. The highest BCUT2D eigenvalue weighted by atomic mass is 32.1. The Kier molecular flexibility index (Phi) is 20.3. The number of carbonyl (C=O) groups excluding carboxylic acids is 1. The number of hydrogen-bond acceptors (Lipinski definition) is 7. The standard InChI is InChI=1S/C52H101NO5SSi4/c1-38(30-31-44(56-61(20,21)49(9,10)11)40(3)36-43-37-59-42(5)53-43)28-26-29-39(2)46(58-63(24,25)51(15,16)17)41(4)47(54)52(33-27-34-52)45(57-62(22,23)50(12,13)14)32-35-55-60(18,19)48(6,7)8/h30,36-37,39,41,44-46H,26-29,31-35H2,1-25H3/b38-30-,40-36+. The van der Waals surface area contributed by atoms with E-state index in [0.717, 1.165) is 62.1 Å². The average molecular weight is 965 g/mol. The fourth-order valence-corrected chi connectivity index (χ4v) is 13.5. The van der Waals surface area contributed by atoms with E-state index in [1.54, 1.807) is 11.3 Å². The first-order valence-corrected chi connectivity index (χ1v) is 37.2. The summed E-state index contributed by atoms with van der Waals surface area (Å²) in [6.07, 6.45) is 11.9. The average Bonchev–Trinajstić information content (AvgIpc) is 3.49. The van der Waals surface area contributed by atoms with E-state index in [-0.39, 0.29) is 50.3 Å². The molecular weight excluding hydrogens is 863 g/mol. The van der Waals surface area contributed by atoms with Gasteiger partial charge >= 0.3 is 0 Å². The second-order valence-electron chi connectivity index (χ2n) is 26.0. The molecule has 0 N–H and O–H groups in total. The Bertz CT molecular complexity index is 1680. The van der Waals surface area contributed by atoms with Crippen LogP contribution < -0.4 is 0 Å². The van der Waals surface area contributed by atoms with Crippen LogP contribution >= 0.6 is 11.3 Å². The van der Waals surface area contributed by atoms with Crippen LogP contribution in [0.2, 0.25) is 72.5 Å². The van der Waals surface area contributed by atoms with Crippen molar-refractivity contribution in [3.8, 4) is 0 Å². The van der Waals surface area contributed by atoms with Gasteiger partial charge in [0.15, 0.2) is 33.3 Å². The quantitative estimate of drug-likeness (QED) is 0.0804. The Morgan fingerprint density at radius 3 is 1.70 bits per heavy atom. The monoisotopic (exact) mass is 964 g/mol. The third kappa shape index (κ3) is 15.8. The van der Waals surface area contributed by atoms with Crippen molar-refractivity contribution >= 4 is 56.5 Å². The highest BCUT2D eigenvalue weighted by molar-refractivity contribution is 7.09. The van der Waals surface area contributed by atoms with Crippen LogP contribution in [-0.2, 0) is 22.5 Å². The number of nitrogens with zero attached hydrogens (tertiary/aromatic N) is 1. The van der Waals surface area contributed by atoms with Crippen molar-refractivity contribution < 1.29 is 22.5 Å². The number of ketones is 1. The van der Waals surface area contributed by atoms with E-state index in [4.69, 9.17) is 22.7 Å². The predicted octanol–water partition coefficient (Wildman–Crippen LogP) is 17.0. The van der Waals surface area contributed by atoms with Gasteiger partial charge in [-0.25, -0.2) is 4.98 Å². The van der Waals surface area contributed by atoms with Crippen molar-refractivity contribution in [1.29, 1.82) is 0 Å². The molecule has 0 aromatic carbocycles. The van der Waals surface area contributed by atoms with Crippen LogP contribution in [0.4, 0.5) is 0 Å². The van der Waals surface area contributed by atoms with E-state index in [2.05, 4.69) is 188 Å². The van der Waals surface area contributed by atoms with Crippen LogP contribution in [0, 0.1) is 24.2 Å². The Balaban J connectivity index is 2.43. The summed E-state index contributed by atoms with van der Waals surface area (Å²) < 4.78 is 28.7. The van der Waals surface area contributed by atoms with Crippen LogP contribution in [0.15, 0.2) is 22.6 Å². The highest BCUT2D eigenvalue weighted by Gasteiger charge is 2.56. The molecule has 0 aliphatic heterocycles. The molecule has 1 fully saturated rings. The maximum absolute atomic E-state index is 15.5. The Labute approximate surface area is 398 Å². The summed E-state index contributed by atoms with van der Waals surface area (Å²) >= 11 is 1.69. The lowest BCUT2D eigenvalue weighted by atomic mass is 9.59. The van der Waals surface area contributed by atoms with E-state index in [0.29, 0.717) is 12.4 Å². The molecule has 6 nitrogen and oxygen atoms in total. The molecule has 1 aromatic rings. The maximum atomic E-state index is 15.5. The summed E-state index contributed by atoms with van der Waals surface area (Å²) in [5, 5.41) is 3.54. The van der Waals surface area contributed by atoms with Crippen molar-refractivity contribution in [2.24, 2.45) is 17.3 Å². The molecule has 0 radical (unpaired) electrons. The number of aryl methyl sites for hydroxylation is 1. The van der Waals surface area contributed by atoms with E-state index < -0.39 is 38.7 Å². The SMILES string of the molecule is C/C(=C/CC(O[Si](C)(C)C(C)(C)C)/C(C)=C/c1csc(C)n1)CCCC(C)C(O[Si](C)(C)C(C)(C)C)C(C)C(=O)C1(C(CCO[Si](C)(C)C(C)(C)C)O[Si](C)(C)C(C)(C)C)CCC1. The van der Waals surface area contributed by atoms with Gasteiger partial charge < -0.3 is 17.7 Å². The minimum Gasteiger partial charge on any atom is -0.417 e. The lowest BCUT2D eigenvalue weighted by molar-refractivity contribution is -0.152. The molecular formula is C52H101NO5SSi4. The highest BCUT2D eigenvalue weighted by Crippen LogP contribution is 2.53. The molecule has 1 aliphatic rings. The second-order valence-corrected chi connectivity index (χ2v) is 46.1. The minimum absolute atomic E-state index is 0.0119. The number of aromatic nitrogens is 1. The van der Waals surface area contributed by atoms with E-state index in [9.17, 15) is 0 Å². The number of thiazole rings is 1. The van der Waals surface area contributed by atoms with Crippen molar-refractivity contribution in [3.63, 3.8) is 0 Å². The molecule has 5 atom stereocenters. The number of hydrogen-bond donors (Lipinski definition) is 0. The van der Waals surface area contributed by atoms with Gasteiger partial charge in [0.2, 0.25) is 0 Å². The zero-order chi connectivity index (χ0) is 49.0. The smallest absolute Gasteiger partial charge is 0.192 e. The van der Waals surface area contributed by atoms with Crippen molar-refractivity contribution in [2.45, 2.75) is 260 Å². The summed E-state index contributed by atoms with van der Waals surface area (Å²) in [6.45, 7) is 58.2. The number of rotatable bonds is 23. The van der Waals surface area contributed by atoms with Crippen LogP contribution in [0.25, 0.3) is 6.08 Å². The predicted molar refractivity (Wildman–Crippen MR) is 286 cm³/mol. The molecule has 5 unspecified atom stereocenters. The molecule has 1 saturated carbocycles. The lowest BCUT2D eigenvalue weighted by Gasteiger charge is -2.52. The summed E-state index contributed by atoms with van der Waals surface area (Å²) in [5.41, 5.74) is 3.14. The third-order valence-electron chi connectivity index (χ3n) is 16.6. The second kappa shape index (κ2) is 21.8. The van der Waals surface area contributed by atoms with Gasteiger partial charge in [0.25, 0.3) is 0 Å². The van der Waals surface area contributed by atoms with Gasteiger partial charge in [-0.05, 0) is 156 Å². The minimum atomic E-state index is -2.22. The fraction of sp³-hybridized carbons (Fsp3) is 0.846. The maximum Gasteiger partial charge on any atom is 0.192 e. The number of allylic oxidation sites excluding steroid dienone is 1. The lowest BCUT2D eigenvalue weighted by Crippen LogP contribution is -2.58. The summed E-state index contributed by atoms with van der Waals surface area (Å²) in [7, 11) is -8.42. The van der Waals surface area contributed by atoms with E-state index in [1.807, 2.05) is 0 Å². The normalized spacial score (nSPS) is 19.1. The van der Waals surface area contributed by atoms with Crippen LogP contribution in [0.3, 0.4) is 0 Å². The molecule has 366 valence electrons. The molecule has 0 amide bonds. The third-order valence-corrected chi connectivity index (χ3v) is 35.4. The molecule has 11 heteroatoms. The molecule has 1 aromatic heterocycles. The van der Waals surface area contributed by atoms with Crippen molar-refractivity contribution in [2.75, 3.05) is 6.61 Å². The molecule has 1 aliphatic carbocycles. The Morgan fingerprint density at radius 1 is 0.762 bits per heavy atom. The Hall–Kier alpha value is -0.512. The van der Waals surface area contributed by atoms with Gasteiger partial charge in [-0.3, -0.25) is 4.79 Å². The van der Waals surface area contributed by atoms with E-state index >= 15 is 4.79 Å². The van der Waals surface area contributed by atoms with Crippen LogP contribution in [-0.4, -0.2) is 69.0 Å². The molecule has 2 rings (SSSR count). The van der Waals surface area contributed by atoms with E-state index in [1.165, 1.54) is 11.1 Å². The topological polar surface area (TPSA) is 66.9 Å². The van der Waals surface area contributed by atoms with Gasteiger partial charge in [-0.1, -0.05) is 115 Å². The first kappa shape index (κ1) is 58.6. The van der Waals surface area contributed by atoms with Gasteiger partial charge in [0, 0.05) is 17.9 Å². The van der Waals surface area contributed by atoms with Gasteiger partial charge in [-0.15, -0.1) is 11.3 Å². The van der Waals surface area contributed by atoms with Gasteiger partial charge in [-0.2, -0.15) is 0 Å². The van der Waals surface area contributed by atoms with Crippen LogP contribution in [0.5, 0.6) is 0 Å². The van der Waals surface area contributed by atoms with Crippen molar-refractivity contribution in [1.82, 2.24) is 4.98 Å². The van der Waals surface area contributed by atoms with Gasteiger partial charge in [0.05, 0.1) is 34.4 Å². The van der Waals surface area contributed by atoms with Crippen molar-refractivity contribution in [3.05, 3.63) is 33.3 Å².